The molecule has 0 heterocycles. The van der Waals surface area contributed by atoms with Crippen molar-refractivity contribution in [2.75, 3.05) is 5.75 Å². The molecule has 0 saturated heterocycles. The maximum Gasteiger partial charge on any atom is 0.0226 e. The molecule has 14 heavy (non-hydrogen) atoms. The normalized spacial score (nSPS) is 11.3. The van der Waals surface area contributed by atoms with Gasteiger partial charge in [-0.05, 0) is 24.5 Å². The highest BCUT2D eigenvalue weighted by Gasteiger charge is 1.88. The van der Waals surface area contributed by atoms with Gasteiger partial charge < -0.3 is 0 Å². The van der Waals surface area contributed by atoms with Gasteiger partial charge in [-0.25, -0.2) is 0 Å². The first kappa shape index (κ1) is 14.4. The van der Waals surface area contributed by atoms with Crippen molar-refractivity contribution in [3.05, 3.63) is 12.2 Å². The minimum Gasteiger partial charge on any atom is -0.0877 e. The van der Waals surface area contributed by atoms with E-state index in [-0.39, 0.29) is 0 Å². The molecule has 0 amide bonds. The van der Waals surface area contributed by atoms with Gasteiger partial charge in [0.2, 0.25) is 0 Å². The average molecular weight is 231 g/mol. The summed E-state index contributed by atoms with van der Waals surface area (Å²) in [5.74, 6) is 0.992. The van der Waals surface area contributed by atoms with Crippen LogP contribution in [0.4, 0.5) is 0 Å². The van der Waals surface area contributed by atoms with E-state index < -0.39 is 0 Å². The van der Waals surface area contributed by atoms with E-state index in [1.807, 2.05) is 0 Å². The summed E-state index contributed by atoms with van der Waals surface area (Å²) >= 11 is 4.78. The van der Waals surface area contributed by atoms with Gasteiger partial charge in [0, 0.05) is 5.75 Å². The van der Waals surface area contributed by atoms with Crippen molar-refractivity contribution in [3.8, 4) is 0 Å². The third kappa shape index (κ3) is 12.4. The molecule has 0 atom stereocenters. The lowest BCUT2D eigenvalue weighted by molar-refractivity contribution is 0.592. The average Bonchev–Trinajstić information content (AvgIpc) is 2.21. The van der Waals surface area contributed by atoms with E-state index in [4.69, 9.17) is 11.7 Å². The molecule has 0 rings (SSSR count). The maximum absolute atomic E-state index is 4.78. The van der Waals surface area contributed by atoms with Gasteiger partial charge in [-0.3, -0.25) is 0 Å². The maximum atomic E-state index is 4.78. The van der Waals surface area contributed by atoms with Gasteiger partial charge in [-0.2, -0.15) is 0 Å². The predicted molar refractivity (Wildman–Crippen MR) is 71.8 cm³/mol. The van der Waals surface area contributed by atoms with E-state index in [1.54, 1.807) is 0 Å². The van der Waals surface area contributed by atoms with Gasteiger partial charge in [0.05, 0.1) is 0 Å². The molecule has 2 heteroatoms. The molecule has 83 valence electrons. The highest BCUT2D eigenvalue weighted by atomic mass is 33.1. The molecule has 0 aromatic carbocycles. The van der Waals surface area contributed by atoms with Crippen LogP contribution in [0.3, 0.4) is 0 Å². The van der Waals surface area contributed by atoms with Gasteiger partial charge in [0.15, 0.2) is 0 Å². The van der Waals surface area contributed by atoms with E-state index >= 15 is 0 Å². The van der Waals surface area contributed by atoms with Crippen molar-refractivity contribution in [2.24, 2.45) is 0 Å². The van der Waals surface area contributed by atoms with Gasteiger partial charge in [-0.15, -0.1) is 0 Å². The minimum absolute atomic E-state index is 0.992. The Morgan fingerprint density at radius 2 is 1.57 bits per heavy atom. The number of hydrogen-bond donors (Lipinski definition) is 0. The van der Waals surface area contributed by atoms with E-state index in [0.717, 1.165) is 5.75 Å². The number of hydrogen-bond acceptors (Lipinski definition) is 1. The Labute approximate surface area is 98.7 Å². The van der Waals surface area contributed by atoms with E-state index in [9.17, 15) is 0 Å². The van der Waals surface area contributed by atoms with Crippen LogP contribution in [0.1, 0.15) is 58.3 Å². The Balaban J connectivity index is 2.91. The molecular formula is C12H23S2. The summed E-state index contributed by atoms with van der Waals surface area (Å²) in [5, 5.41) is 0. The number of allylic oxidation sites excluding steroid dienone is 1. The van der Waals surface area contributed by atoms with Crippen molar-refractivity contribution < 1.29 is 0 Å². The number of unbranched alkanes of at least 4 members (excludes halogenated alkanes) is 7. The van der Waals surface area contributed by atoms with Crippen LogP contribution in [0, 0.1) is 0 Å². The Hall–Kier alpha value is 0.440. The molecule has 0 saturated carbocycles. The second-order valence-corrected chi connectivity index (χ2v) is 4.94. The molecule has 0 bridgehead atoms. The fourth-order valence-electron chi connectivity index (χ4n) is 1.44. The quantitative estimate of drug-likeness (QED) is 0.271. The summed E-state index contributed by atoms with van der Waals surface area (Å²) in [6.45, 7) is 2.27. The summed E-state index contributed by atoms with van der Waals surface area (Å²) in [6, 6.07) is 0. The first-order chi connectivity index (χ1) is 6.91. The standard InChI is InChI=1S/C12H23S2/c1-2-3-4-5-6-7-8-9-10-11-12-14-13/h10-11H,2-9,12H2,1H3/b11-10+. The van der Waals surface area contributed by atoms with Crippen molar-refractivity contribution in [1.29, 1.82) is 0 Å². The van der Waals surface area contributed by atoms with Crippen LogP contribution < -0.4 is 0 Å². The van der Waals surface area contributed by atoms with E-state index in [2.05, 4.69) is 19.1 Å². The summed E-state index contributed by atoms with van der Waals surface area (Å²) in [5.41, 5.74) is 0. The molecule has 0 N–H and O–H groups in total. The van der Waals surface area contributed by atoms with Gasteiger partial charge >= 0.3 is 0 Å². The molecule has 0 unspecified atom stereocenters. The summed E-state index contributed by atoms with van der Waals surface area (Å²) in [7, 11) is 1.48. The zero-order valence-corrected chi connectivity index (χ0v) is 11.0. The van der Waals surface area contributed by atoms with Gasteiger partial charge in [0.1, 0.15) is 0 Å². The van der Waals surface area contributed by atoms with E-state index in [1.165, 1.54) is 62.2 Å². The monoisotopic (exact) mass is 231 g/mol. The smallest absolute Gasteiger partial charge is 0.0226 e. The predicted octanol–water partition coefficient (Wildman–Crippen LogP) is 5.53. The summed E-state index contributed by atoms with van der Waals surface area (Å²) < 4.78 is 0. The zero-order valence-electron chi connectivity index (χ0n) is 9.34. The van der Waals surface area contributed by atoms with Crippen molar-refractivity contribution in [1.82, 2.24) is 0 Å². The molecule has 0 aromatic rings. The summed E-state index contributed by atoms with van der Waals surface area (Å²) in [6.07, 6.45) is 15.5. The van der Waals surface area contributed by atoms with Crippen LogP contribution in [-0.4, -0.2) is 5.75 Å². The topological polar surface area (TPSA) is 0 Å². The third-order valence-corrected chi connectivity index (χ3v) is 3.04. The molecule has 0 aliphatic rings. The molecule has 0 aliphatic carbocycles. The Morgan fingerprint density at radius 3 is 2.21 bits per heavy atom. The molecule has 0 fully saturated rings. The first-order valence-corrected chi connectivity index (χ1v) is 7.72. The Bertz CT molecular complexity index is 121. The van der Waals surface area contributed by atoms with Crippen molar-refractivity contribution in [3.63, 3.8) is 0 Å². The second kappa shape index (κ2) is 13.4. The molecule has 0 aromatic heterocycles. The molecule has 0 aliphatic heterocycles. The molecule has 1 radical (unpaired) electrons. The van der Waals surface area contributed by atoms with Gasteiger partial charge in [0.25, 0.3) is 0 Å². The minimum atomic E-state index is 0.992. The second-order valence-electron chi connectivity index (χ2n) is 3.67. The molecule has 0 nitrogen and oxygen atoms in total. The molecule has 0 spiro atoms. The summed E-state index contributed by atoms with van der Waals surface area (Å²) in [4.78, 5) is 0. The van der Waals surface area contributed by atoms with Crippen LogP contribution in [0.15, 0.2) is 12.2 Å². The lowest BCUT2D eigenvalue weighted by Gasteiger charge is -1.98. The van der Waals surface area contributed by atoms with Crippen LogP contribution in [-0.2, 0) is 0 Å². The Kier molecular flexibility index (Phi) is 13.9. The SMILES string of the molecule is CCCCCCCCC/C=C/CS[S]. The lowest BCUT2D eigenvalue weighted by Crippen LogP contribution is -1.79. The van der Waals surface area contributed by atoms with Crippen LogP contribution in [0.5, 0.6) is 0 Å². The fraction of sp³-hybridized carbons (Fsp3) is 0.833. The van der Waals surface area contributed by atoms with Crippen LogP contribution in [0.25, 0.3) is 0 Å². The first-order valence-electron chi connectivity index (χ1n) is 5.81. The largest absolute Gasteiger partial charge is 0.0877 e. The molecular weight excluding hydrogens is 208 g/mol. The number of rotatable bonds is 10. The van der Waals surface area contributed by atoms with Crippen molar-refractivity contribution >= 4 is 22.5 Å². The zero-order chi connectivity index (χ0) is 10.5. The van der Waals surface area contributed by atoms with E-state index in [0.29, 0.717) is 0 Å². The van der Waals surface area contributed by atoms with Crippen molar-refractivity contribution in [2.45, 2.75) is 58.3 Å². The highest BCUT2D eigenvalue weighted by molar-refractivity contribution is 8.68. The third-order valence-electron chi connectivity index (χ3n) is 2.31. The highest BCUT2D eigenvalue weighted by Crippen LogP contribution is 2.09. The van der Waals surface area contributed by atoms with Crippen LogP contribution >= 0.6 is 22.5 Å². The van der Waals surface area contributed by atoms with Gasteiger partial charge in [-0.1, -0.05) is 68.4 Å². The van der Waals surface area contributed by atoms with Crippen LogP contribution in [0.2, 0.25) is 0 Å². The lowest BCUT2D eigenvalue weighted by atomic mass is 10.1. The Morgan fingerprint density at radius 1 is 0.929 bits per heavy atom. The fourth-order valence-corrected chi connectivity index (χ4v) is 1.89.